The van der Waals surface area contributed by atoms with Crippen molar-refractivity contribution in [3.63, 3.8) is 0 Å². The first-order valence-corrected chi connectivity index (χ1v) is 7.32. The fourth-order valence-corrected chi connectivity index (χ4v) is 3.69. The zero-order valence-electron chi connectivity index (χ0n) is 10.1. The molecule has 1 aliphatic carbocycles. The molecular weight excluding hydrogens is 257 g/mol. The summed E-state index contributed by atoms with van der Waals surface area (Å²) in [5, 5.41) is 9.11. The summed E-state index contributed by atoms with van der Waals surface area (Å²) in [6.07, 6.45) is 1.59. The highest BCUT2D eigenvalue weighted by atomic mass is 32.2. The van der Waals surface area contributed by atoms with Crippen molar-refractivity contribution in [2.75, 3.05) is 0 Å². The van der Waals surface area contributed by atoms with Gasteiger partial charge in [-0.25, -0.2) is 17.5 Å². The lowest BCUT2D eigenvalue weighted by atomic mass is 9.83. The lowest BCUT2D eigenvalue weighted by Crippen LogP contribution is -2.43. The van der Waals surface area contributed by atoms with E-state index in [1.165, 1.54) is 6.07 Å². The average Bonchev–Trinajstić information content (AvgIpc) is 2.26. The van der Waals surface area contributed by atoms with Gasteiger partial charge < -0.3 is 5.11 Å². The van der Waals surface area contributed by atoms with Crippen molar-refractivity contribution in [1.82, 2.24) is 4.72 Å². The lowest BCUT2D eigenvalue weighted by Gasteiger charge is -2.33. The van der Waals surface area contributed by atoms with Gasteiger partial charge in [-0.1, -0.05) is 13.0 Å². The number of benzene rings is 1. The van der Waals surface area contributed by atoms with Crippen LogP contribution in [0.15, 0.2) is 23.1 Å². The maximum atomic E-state index is 13.1. The van der Waals surface area contributed by atoms with Crippen LogP contribution in [-0.4, -0.2) is 19.6 Å². The highest BCUT2D eigenvalue weighted by molar-refractivity contribution is 7.89. The van der Waals surface area contributed by atoms with Gasteiger partial charge in [0.05, 0.1) is 11.5 Å². The highest BCUT2D eigenvalue weighted by Gasteiger charge is 2.30. The molecule has 2 N–H and O–H groups in total. The molecule has 18 heavy (non-hydrogen) atoms. The number of aliphatic hydroxyl groups excluding tert-OH is 1. The second kappa shape index (κ2) is 4.95. The van der Waals surface area contributed by atoms with Crippen LogP contribution in [0, 0.1) is 11.7 Å². The summed E-state index contributed by atoms with van der Waals surface area (Å²) in [6.45, 7) is 1.61. The Morgan fingerprint density at radius 1 is 1.44 bits per heavy atom. The summed E-state index contributed by atoms with van der Waals surface area (Å²) >= 11 is 0. The summed E-state index contributed by atoms with van der Waals surface area (Å²) in [5.74, 6) is -0.114. The Hall–Kier alpha value is -0.980. The Labute approximate surface area is 106 Å². The zero-order valence-corrected chi connectivity index (χ0v) is 10.9. The molecule has 0 bridgehead atoms. The van der Waals surface area contributed by atoms with Gasteiger partial charge >= 0.3 is 0 Å². The maximum absolute atomic E-state index is 13.1. The van der Waals surface area contributed by atoms with Crippen molar-refractivity contribution in [2.24, 2.45) is 5.92 Å². The molecule has 2 rings (SSSR count). The SMILES string of the molecule is CC1CC(NS(=O)(=O)c2cc(F)ccc2CO)C1. The molecule has 1 aromatic rings. The third-order valence-corrected chi connectivity index (χ3v) is 4.79. The van der Waals surface area contributed by atoms with E-state index in [1.54, 1.807) is 0 Å². The zero-order chi connectivity index (χ0) is 13.3. The summed E-state index contributed by atoms with van der Waals surface area (Å²) in [4.78, 5) is -0.176. The summed E-state index contributed by atoms with van der Waals surface area (Å²) < 4.78 is 39.8. The molecule has 0 amide bonds. The number of nitrogens with one attached hydrogen (secondary N) is 1. The van der Waals surface area contributed by atoms with Crippen LogP contribution in [0.25, 0.3) is 0 Å². The molecule has 0 spiro atoms. The Balaban J connectivity index is 2.26. The molecule has 0 unspecified atom stereocenters. The van der Waals surface area contributed by atoms with E-state index in [2.05, 4.69) is 4.72 Å². The molecule has 4 nitrogen and oxygen atoms in total. The number of halogens is 1. The predicted molar refractivity (Wildman–Crippen MR) is 64.8 cm³/mol. The molecule has 1 saturated carbocycles. The van der Waals surface area contributed by atoms with Gasteiger partial charge in [-0.15, -0.1) is 0 Å². The number of hydrogen-bond acceptors (Lipinski definition) is 3. The molecule has 1 aromatic carbocycles. The van der Waals surface area contributed by atoms with Gasteiger partial charge in [0.15, 0.2) is 0 Å². The minimum Gasteiger partial charge on any atom is -0.392 e. The largest absolute Gasteiger partial charge is 0.392 e. The Morgan fingerprint density at radius 2 is 2.11 bits per heavy atom. The summed E-state index contributed by atoms with van der Waals surface area (Å²) in [7, 11) is -3.76. The normalized spacial score (nSPS) is 23.7. The van der Waals surface area contributed by atoms with Gasteiger partial charge in [-0.3, -0.25) is 0 Å². The third-order valence-electron chi connectivity index (χ3n) is 3.18. The van der Waals surface area contributed by atoms with E-state index < -0.39 is 22.4 Å². The van der Waals surface area contributed by atoms with Gasteiger partial charge in [0, 0.05) is 6.04 Å². The van der Waals surface area contributed by atoms with Crippen LogP contribution in [-0.2, 0) is 16.6 Å². The van der Waals surface area contributed by atoms with Crippen molar-refractivity contribution < 1.29 is 17.9 Å². The highest BCUT2D eigenvalue weighted by Crippen LogP contribution is 2.28. The van der Waals surface area contributed by atoms with E-state index in [0.717, 1.165) is 25.0 Å². The van der Waals surface area contributed by atoms with Crippen LogP contribution in [0.2, 0.25) is 0 Å². The monoisotopic (exact) mass is 273 g/mol. The van der Waals surface area contributed by atoms with E-state index >= 15 is 0 Å². The molecule has 0 heterocycles. The third kappa shape index (κ3) is 2.71. The fraction of sp³-hybridized carbons (Fsp3) is 0.500. The molecule has 0 aromatic heterocycles. The van der Waals surface area contributed by atoms with Crippen molar-refractivity contribution >= 4 is 10.0 Å². The van der Waals surface area contributed by atoms with Gasteiger partial charge in [-0.2, -0.15) is 0 Å². The topological polar surface area (TPSA) is 66.4 Å². The molecular formula is C12H16FNO3S. The number of aliphatic hydroxyl groups is 1. The van der Waals surface area contributed by atoms with Crippen LogP contribution < -0.4 is 4.72 Å². The number of sulfonamides is 1. The van der Waals surface area contributed by atoms with Crippen molar-refractivity contribution in [3.8, 4) is 0 Å². The maximum Gasteiger partial charge on any atom is 0.241 e. The van der Waals surface area contributed by atoms with E-state index in [1.807, 2.05) is 6.92 Å². The summed E-state index contributed by atoms with van der Waals surface area (Å²) in [6, 6.07) is 3.28. The predicted octanol–water partition coefficient (Wildman–Crippen LogP) is 1.39. The second-order valence-corrected chi connectivity index (χ2v) is 6.49. The Kier molecular flexibility index (Phi) is 3.70. The van der Waals surface area contributed by atoms with Crippen LogP contribution in [0.1, 0.15) is 25.3 Å². The molecule has 0 atom stereocenters. The van der Waals surface area contributed by atoms with Crippen molar-refractivity contribution in [1.29, 1.82) is 0 Å². The summed E-state index contributed by atoms with van der Waals surface area (Å²) in [5.41, 5.74) is 0.205. The number of rotatable bonds is 4. The van der Waals surface area contributed by atoms with E-state index in [0.29, 0.717) is 5.92 Å². The van der Waals surface area contributed by atoms with E-state index in [-0.39, 0.29) is 16.5 Å². The number of hydrogen-bond donors (Lipinski definition) is 2. The second-order valence-electron chi connectivity index (χ2n) is 4.80. The quantitative estimate of drug-likeness (QED) is 0.871. The minimum absolute atomic E-state index is 0.0835. The molecule has 0 aliphatic heterocycles. The van der Waals surface area contributed by atoms with Crippen LogP contribution in [0.4, 0.5) is 4.39 Å². The molecule has 0 radical (unpaired) electrons. The first kappa shape index (κ1) is 13.5. The van der Waals surface area contributed by atoms with E-state index in [9.17, 15) is 12.8 Å². The first-order valence-electron chi connectivity index (χ1n) is 5.84. The Morgan fingerprint density at radius 3 is 2.67 bits per heavy atom. The molecule has 1 aliphatic rings. The molecule has 0 saturated heterocycles. The first-order chi connectivity index (χ1) is 8.42. The van der Waals surface area contributed by atoms with Gasteiger partial charge in [0.25, 0.3) is 0 Å². The van der Waals surface area contributed by atoms with Crippen molar-refractivity contribution in [3.05, 3.63) is 29.6 Å². The van der Waals surface area contributed by atoms with E-state index in [4.69, 9.17) is 5.11 Å². The van der Waals surface area contributed by atoms with Gasteiger partial charge in [0.2, 0.25) is 10.0 Å². The van der Waals surface area contributed by atoms with Crippen LogP contribution in [0.5, 0.6) is 0 Å². The van der Waals surface area contributed by atoms with Gasteiger partial charge in [-0.05, 0) is 36.5 Å². The van der Waals surface area contributed by atoms with Crippen LogP contribution in [0.3, 0.4) is 0 Å². The Bertz CT molecular complexity index is 538. The average molecular weight is 273 g/mol. The molecule has 1 fully saturated rings. The van der Waals surface area contributed by atoms with Crippen LogP contribution >= 0.6 is 0 Å². The molecule has 100 valence electrons. The van der Waals surface area contributed by atoms with Crippen molar-refractivity contribution in [2.45, 2.75) is 37.3 Å². The minimum atomic E-state index is -3.76. The fourth-order valence-electron chi connectivity index (χ4n) is 2.19. The van der Waals surface area contributed by atoms with Gasteiger partial charge in [0.1, 0.15) is 5.82 Å². The standard InChI is InChI=1S/C12H16FNO3S/c1-8-4-11(5-8)14-18(16,17)12-6-10(13)3-2-9(12)7-15/h2-3,6,8,11,14-15H,4-5,7H2,1H3. The lowest BCUT2D eigenvalue weighted by molar-refractivity contribution is 0.268. The smallest absolute Gasteiger partial charge is 0.241 e. The molecule has 6 heteroatoms.